The number of aliphatic carboxylic acids is 1. The summed E-state index contributed by atoms with van der Waals surface area (Å²) in [6.07, 6.45) is 22.0. The lowest BCUT2D eigenvalue weighted by Gasteiger charge is -2.45. The van der Waals surface area contributed by atoms with Crippen LogP contribution in [-0.4, -0.2) is 52.3 Å². The van der Waals surface area contributed by atoms with Gasteiger partial charge in [0.15, 0.2) is 11.6 Å². The van der Waals surface area contributed by atoms with Gasteiger partial charge in [-0.05, 0) is 51.5 Å². The average molecular weight is 703 g/mol. The predicted molar refractivity (Wildman–Crippen MR) is 204 cm³/mol. The van der Waals surface area contributed by atoms with Crippen molar-refractivity contribution in [3.8, 4) is 0 Å². The van der Waals surface area contributed by atoms with E-state index in [4.69, 9.17) is 9.47 Å². The lowest BCUT2D eigenvalue weighted by molar-refractivity contribution is -0.298. The van der Waals surface area contributed by atoms with Gasteiger partial charge in [-0.1, -0.05) is 131 Å². The molecule has 2 heterocycles. The number of carboxylic acid groups (broad SMARTS) is 1. The Balaban J connectivity index is 1.95. The van der Waals surface area contributed by atoms with Gasteiger partial charge in [0.25, 0.3) is 0 Å². The molecule has 0 radical (unpaired) electrons. The molecule has 1 aromatic rings. The first-order valence-corrected chi connectivity index (χ1v) is 20.3. The van der Waals surface area contributed by atoms with E-state index in [1.165, 1.54) is 77.0 Å². The third-order valence-corrected chi connectivity index (χ3v) is 10.5. The monoisotopic (exact) mass is 703 g/mol. The summed E-state index contributed by atoms with van der Waals surface area (Å²) in [5.41, 5.74) is 0.490. The van der Waals surface area contributed by atoms with Gasteiger partial charge in [-0.25, -0.2) is 0 Å². The SMILES string of the molecule is CCCCCCCCCCCCCCCCC(CC)C(=O)NC(CC(C)C)CC(CC(=O)O)c1[nH]ccc1C(=O)C1OC(C)(C)OCC1(C)C. The van der Waals surface area contributed by atoms with E-state index in [9.17, 15) is 19.5 Å². The van der Waals surface area contributed by atoms with Gasteiger partial charge in [-0.15, -0.1) is 0 Å². The quantitative estimate of drug-likeness (QED) is 0.0620. The average Bonchev–Trinajstić information content (AvgIpc) is 3.53. The Hall–Kier alpha value is -2.19. The Morgan fingerprint density at radius 1 is 0.880 bits per heavy atom. The molecule has 1 aliphatic rings. The van der Waals surface area contributed by atoms with Crippen molar-refractivity contribution < 1.29 is 29.0 Å². The molecule has 0 aliphatic carbocycles. The van der Waals surface area contributed by atoms with Gasteiger partial charge >= 0.3 is 5.97 Å². The van der Waals surface area contributed by atoms with E-state index in [1.54, 1.807) is 26.1 Å². The molecule has 50 heavy (non-hydrogen) atoms. The van der Waals surface area contributed by atoms with E-state index in [0.717, 1.165) is 32.1 Å². The zero-order chi connectivity index (χ0) is 37.2. The third-order valence-electron chi connectivity index (χ3n) is 10.5. The van der Waals surface area contributed by atoms with Crippen LogP contribution in [0.1, 0.15) is 199 Å². The number of carboxylic acids is 1. The van der Waals surface area contributed by atoms with Crippen LogP contribution in [0.3, 0.4) is 0 Å². The maximum absolute atomic E-state index is 14.0. The second-order valence-corrected chi connectivity index (χ2v) is 16.7. The molecule has 0 saturated carbocycles. The minimum absolute atomic E-state index is 0.0567. The highest BCUT2D eigenvalue weighted by Crippen LogP contribution is 2.38. The molecule has 1 fully saturated rings. The number of ether oxygens (including phenoxy) is 2. The fourth-order valence-electron chi connectivity index (χ4n) is 7.46. The molecule has 0 aromatic carbocycles. The molecule has 0 spiro atoms. The van der Waals surface area contributed by atoms with Crippen LogP contribution >= 0.6 is 0 Å². The van der Waals surface area contributed by atoms with E-state index in [2.05, 4.69) is 38.0 Å². The van der Waals surface area contributed by atoms with Crippen molar-refractivity contribution in [1.29, 1.82) is 0 Å². The highest BCUT2D eigenvalue weighted by molar-refractivity contribution is 6.01. The highest BCUT2D eigenvalue weighted by Gasteiger charge is 2.46. The number of unbranched alkanes of at least 4 members (excludes halogenated alkanes) is 13. The van der Waals surface area contributed by atoms with Crippen LogP contribution in [0, 0.1) is 17.3 Å². The van der Waals surface area contributed by atoms with Gasteiger partial charge in [0, 0.05) is 40.7 Å². The van der Waals surface area contributed by atoms with E-state index in [-0.39, 0.29) is 30.1 Å². The van der Waals surface area contributed by atoms with Crippen molar-refractivity contribution in [3.05, 3.63) is 23.5 Å². The standard InChI is InChI=1S/C42H74N2O6/c1-9-11-12-13-14-15-16-17-18-19-20-21-22-23-24-32(10-2)40(48)44-34(27-31(3)4)28-33(29-36(45)46)37-35(25-26-43-37)38(47)39-41(5,6)30-49-42(7,8)50-39/h25-26,31-34,39,43H,9-24,27-30H2,1-8H3,(H,44,48)(H,45,46). The largest absolute Gasteiger partial charge is 0.481 e. The fourth-order valence-corrected chi connectivity index (χ4v) is 7.46. The van der Waals surface area contributed by atoms with Crippen LogP contribution in [0.2, 0.25) is 0 Å². The molecule has 3 N–H and O–H groups in total. The number of rotatable bonds is 27. The number of ketones is 1. The first-order chi connectivity index (χ1) is 23.7. The van der Waals surface area contributed by atoms with E-state index in [1.807, 2.05) is 13.8 Å². The van der Waals surface area contributed by atoms with Crippen LogP contribution < -0.4 is 5.32 Å². The second-order valence-electron chi connectivity index (χ2n) is 16.7. The van der Waals surface area contributed by atoms with E-state index in [0.29, 0.717) is 30.2 Å². The Kier molecular flexibility index (Phi) is 19.9. The zero-order valence-electron chi connectivity index (χ0n) is 33.2. The molecule has 1 aromatic heterocycles. The number of hydrogen-bond acceptors (Lipinski definition) is 5. The molecule has 1 amide bonds. The Labute approximate surface area is 305 Å². The van der Waals surface area contributed by atoms with Crippen molar-refractivity contribution in [1.82, 2.24) is 10.3 Å². The third kappa shape index (κ3) is 16.0. The van der Waals surface area contributed by atoms with Gasteiger partial charge in [-0.2, -0.15) is 0 Å². The molecule has 1 saturated heterocycles. The van der Waals surface area contributed by atoms with Crippen LogP contribution in [0.15, 0.2) is 12.3 Å². The molecule has 4 atom stereocenters. The molecule has 4 unspecified atom stereocenters. The van der Waals surface area contributed by atoms with Gasteiger partial charge in [0.2, 0.25) is 5.91 Å². The number of H-pyrrole nitrogens is 1. The molecule has 288 valence electrons. The van der Waals surface area contributed by atoms with E-state index >= 15 is 0 Å². The van der Waals surface area contributed by atoms with Gasteiger partial charge in [-0.3, -0.25) is 14.4 Å². The number of carbonyl (C=O) groups excluding carboxylic acids is 2. The van der Waals surface area contributed by atoms with Crippen molar-refractivity contribution >= 4 is 17.7 Å². The summed E-state index contributed by atoms with van der Waals surface area (Å²) >= 11 is 0. The number of aromatic amines is 1. The summed E-state index contributed by atoms with van der Waals surface area (Å²) in [6.45, 7) is 16.5. The Morgan fingerprint density at radius 2 is 1.44 bits per heavy atom. The molecule has 8 nitrogen and oxygen atoms in total. The summed E-state index contributed by atoms with van der Waals surface area (Å²) in [4.78, 5) is 43.0. The lowest BCUT2D eigenvalue weighted by atomic mass is 9.80. The van der Waals surface area contributed by atoms with Crippen molar-refractivity contribution in [3.63, 3.8) is 0 Å². The normalized spacial score (nSPS) is 18.9. The van der Waals surface area contributed by atoms with Crippen LogP contribution in [0.25, 0.3) is 0 Å². The number of Topliss-reactive ketones (excluding diaryl/α,β-unsaturated/α-hetero) is 1. The van der Waals surface area contributed by atoms with Crippen molar-refractivity contribution in [2.75, 3.05) is 6.61 Å². The number of hydrogen-bond donors (Lipinski definition) is 3. The zero-order valence-corrected chi connectivity index (χ0v) is 33.2. The molecular weight excluding hydrogens is 628 g/mol. The molecular formula is C42H74N2O6. The minimum atomic E-state index is -0.939. The number of carbonyl (C=O) groups is 3. The Bertz CT molecular complexity index is 1130. The summed E-state index contributed by atoms with van der Waals surface area (Å²) < 4.78 is 12.0. The molecule has 2 rings (SSSR count). The topological polar surface area (TPSA) is 118 Å². The minimum Gasteiger partial charge on any atom is -0.481 e. The first kappa shape index (κ1) is 44.0. The first-order valence-electron chi connectivity index (χ1n) is 20.3. The number of amides is 1. The summed E-state index contributed by atoms with van der Waals surface area (Å²) in [5, 5.41) is 13.3. The van der Waals surface area contributed by atoms with Crippen LogP contribution in [-0.2, 0) is 19.1 Å². The smallest absolute Gasteiger partial charge is 0.304 e. The summed E-state index contributed by atoms with van der Waals surface area (Å²) in [6, 6.07) is 1.52. The molecule has 0 bridgehead atoms. The van der Waals surface area contributed by atoms with Gasteiger partial charge in [0.1, 0.15) is 6.10 Å². The van der Waals surface area contributed by atoms with Crippen molar-refractivity contribution in [2.24, 2.45) is 17.3 Å². The maximum Gasteiger partial charge on any atom is 0.304 e. The second kappa shape index (κ2) is 22.7. The molecule has 1 aliphatic heterocycles. The van der Waals surface area contributed by atoms with Gasteiger partial charge in [0.05, 0.1) is 13.0 Å². The summed E-state index contributed by atoms with van der Waals surface area (Å²) in [5.74, 6) is -2.19. The fraction of sp³-hybridized carbons (Fsp3) is 0.833. The van der Waals surface area contributed by atoms with Gasteiger partial charge < -0.3 is 24.9 Å². The number of nitrogens with one attached hydrogen (secondary N) is 2. The Morgan fingerprint density at radius 3 is 1.96 bits per heavy atom. The van der Waals surface area contributed by atoms with Crippen molar-refractivity contribution in [2.45, 2.75) is 201 Å². The highest BCUT2D eigenvalue weighted by atomic mass is 16.7. The summed E-state index contributed by atoms with van der Waals surface area (Å²) in [7, 11) is 0. The van der Waals surface area contributed by atoms with Crippen LogP contribution in [0.4, 0.5) is 0 Å². The van der Waals surface area contributed by atoms with Crippen LogP contribution in [0.5, 0.6) is 0 Å². The number of aromatic nitrogens is 1. The maximum atomic E-state index is 14.0. The molecule has 8 heteroatoms. The predicted octanol–water partition coefficient (Wildman–Crippen LogP) is 10.8. The lowest BCUT2D eigenvalue weighted by Crippen LogP contribution is -2.53. The van der Waals surface area contributed by atoms with E-state index < -0.39 is 29.2 Å².